The highest BCUT2D eigenvalue weighted by Gasteiger charge is 2.33. The second-order valence-corrected chi connectivity index (χ2v) is 8.20. The van der Waals surface area contributed by atoms with Gasteiger partial charge in [-0.1, -0.05) is 0 Å². The van der Waals surface area contributed by atoms with Crippen LogP contribution in [-0.2, 0) is 7.05 Å². The van der Waals surface area contributed by atoms with Gasteiger partial charge in [-0.25, -0.2) is 4.79 Å². The molecule has 8 nitrogen and oxygen atoms in total. The molecule has 4 rings (SSSR count). The molecule has 0 unspecified atom stereocenters. The van der Waals surface area contributed by atoms with E-state index < -0.39 is 0 Å². The van der Waals surface area contributed by atoms with Crippen molar-refractivity contribution >= 4 is 11.8 Å². The number of piperidine rings is 1. The lowest BCUT2D eigenvalue weighted by molar-refractivity contribution is 0.101. The summed E-state index contributed by atoms with van der Waals surface area (Å²) in [6, 6.07) is 3.94. The third-order valence-electron chi connectivity index (χ3n) is 5.84. The quantitative estimate of drug-likeness (QED) is 0.859. The summed E-state index contributed by atoms with van der Waals surface area (Å²) in [5, 5.41) is 15.6. The zero-order valence-corrected chi connectivity index (χ0v) is 16.9. The Labute approximate surface area is 165 Å². The first-order chi connectivity index (χ1) is 13.5. The third kappa shape index (κ3) is 4.16. The van der Waals surface area contributed by atoms with E-state index in [1.54, 1.807) is 4.90 Å². The summed E-state index contributed by atoms with van der Waals surface area (Å²) in [7, 11) is 5.94. The number of rotatable bonds is 5. The summed E-state index contributed by atoms with van der Waals surface area (Å²) in [4.78, 5) is 16.8. The minimum atomic E-state index is -0.147. The number of hydrogen-bond acceptors (Lipinski definition) is 5. The number of urea groups is 1. The number of aryl methyl sites for hydroxylation is 1. The predicted octanol–water partition coefficient (Wildman–Crippen LogP) is 2.63. The number of anilines is 1. The molecular formula is C20H29N7O. The lowest BCUT2D eigenvalue weighted by Crippen LogP contribution is -2.43. The molecule has 2 aromatic heterocycles. The minimum Gasteiger partial charge on any atom is -0.327 e. The molecule has 150 valence electrons. The summed E-state index contributed by atoms with van der Waals surface area (Å²) >= 11 is 0. The van der Waals surface area contributed by atoms with Crippen LogP contribution in [0.15, 0.2) is 24.5 Å². The van der Waals surface area contributed by atoms with Gasteiger partial charge in [0.15, 0.2) is 5.82 Å². The third-order valence-corrected chi connectivity index (χ3v) is 5.84. The average Bonchev–Trinajstić information content (AvgIpc) is 3.44. The maximum Gasteiger partial charge on any atom is 0.322 e. The monoisotopic (exact) mass is 383 g/mol. The van der Waals surface area contributed by atoms with Gasteiger partial charge in [-0.15, -0.1) is 5.10 Å². The highest BCUT2D eigenvalue weighted by Crippen LogP contribution is 2.38. The molecule has 0 spiro atoms. The van der Waals surface area contributed by atoms with E-state index in [0.717, 1.165) is 25.1 Å². The molecule has 1 N–H and O–H groups in total. The molecule has 3 heterocycles. The van der Waals surface area contributed by atoms with Gasteiger partial charge in [0, 0.05) is 44.4 Å². The van der Waals surface area contributed by atoms with Crippen molar-refractivity contribution in [3.05, 3.63) is 35.8 Å². The topological polar surface area (TPSA) is 79.2 Å². The summed E-state index contributed by atoms with van der Waals surface area (Å²) in [6.07, 6.45) is 8.64. The van der Waals surface area contributed by atoms with Crippen LogP contribution < -0.4 is 5.32 Å². The van der Waals surface area contributed by atoms with Crippen molar-refractivity contribution in [2.75, 3.05) is 32.5 Å². The Hall–Kier alpha value is -2.48. The van der Waals surface area contributed by atoms with E-state index in [-0.39, 0.29) is 12.1 Å². The molecule has 1 saturated carbocycles. The summed E-state index contributed by atoms with van der Waals surface area (Å²) in [5.74, 6) is 1.43. The van der Waals surface area contributed by atoms with Crippen LogP contribution in [0, 0.1) is 5.92 Å². The Bertz CT molecular complexity index is 814. The van der Waals surface area contributed by atoms with Gasteiger partial charge in [0.2, 0.25) is 0 Å². The van der Waals surface area contributed by atoms with Crippen molar-refractivity contribution in [2.24, 2.45) is 13.0 Å². The molecule has 2 fully saturated rings. The van der Waals surface area contributed by atoms with Crippen LogP contribution in [0.5, 0.6) is 0 Å². The molecule has 2 aliphatic rings. The molecule has 2 amide bonds. The van der Waals surface area contributed by atoms with E-state index in [1.165, 1.54) is 18.4 Å². The SMILES string of the molecule is CN(C[C@@H]1CCCN(C)[C@H]1c1cnn(C)c1)C(=O)Nc1ccc(C2CC2)nn1. The number of aromatic nitrogens is 4. The summed E-state index contributed by atoms with van der Waals surface area (Å²) in [5.41, 5.74) is 2.24. The van der Waals surface area contributed by atoms with E-state index in [1.807, 2.05) is 37.1 Å². The van der Waals surface area contributed by atoms with Crippen molar-refractivity contribution < 1.29 is 4.79 Å². The number of carbonyl (C=O) groups excluding carboxylic acids is 1. The van der Waals surface area contributed by atoms with Gasteiger partial charge in [0.1, 0.15) is 0 Å². The molecular weight excluding hydrogens is 354 g/mol. The highest BCUT2D eigenvalue weighted by molar-refractivity contribution is 5.87. The molecule has 8 heteroatoms. The van der Waals surface area contributed by atoms with Crippen LogP contribution in [0.1, 0.15) is 48.9 Å². The zero-order chi connectivity index (χ0) is 19.7. The van der Waals surface area contributed by atoms with E-state index in [0.29, 0.717) is 24.2 Å². The first-order valence-electron chi connectivity index (χ1n) is 10.1. The molecule has 0 aromatic carbocycles. The number of amides is 2. The van der Waals surface area contributed by atoms with Crippen molar-refractivity contribution in [1.29, 1.82) is 0 Å². The van der Waals surface area contributed by atoms with Crippen molar-refractivity contribution in [3.8, 4) is 0 Å². The second-order valence-electron chi connectivity index (χ2n) is 8.20. The Kier molecular flexibility index (Phi) is 5.30. The van der Waals surface area contributed by atoms with Crippen LogP contribution in [0.2, 0.25) is 0 Å². The lowest BCUT2D eigenvalue weighted by atomic mass is 9.86. The van der Waals surface area contributed by atoms with Crippen LogP contribution in [0.3, 0.4) is 0 Å². The Morgan fingerprint density at radius 3 is 2.71 bits per heavy atom. The summed E-state index contributed by atoms with van der Waals surface area (Å²) in [6.45, 7) is 1.75. The number of hydrogen-bond donors (Lipinski definition) is 1. The van der Waals surface area contributed by atoms with Gasteiger partial charge < -0.3 is 4.90 Å². The number of likely N-dealkylation sites (tertiary alicyclic amines) is 1. The number of carbonyl (C=O) groups is 1. The number of nitrogens with zero attached hydrogens (tertiary/aromatic N) is 6. The molecule has 1 aliphatic carbocycles. The van der Waals surface area contributed by atoms with E-state index in [9.17, 15) is 4.79 Å². The molecule has 0 radical (unpaired) electrons. The van der Waals surface area contributed by atoms with Crippen LogP contribution >= 0.6 is 0 Å². The van der Waals surface area contributed by atoms with E-state index in [4.69, 9.17) is 0 Å². The molecule has 2 atom stereocenters. The molecule has 2 aromatic rings. The molecule has 1 saturated heterocycles. The lowest BCUT2D eigenvalue weighted by Gasteiger charge is -2.40. The number of nitrogens with one attached hydrogen (secondary N) is 1. The van der Waals surface area contributed by atoms with Crippen LogP contribution in [-0.4, -0.2) is 63.0 Å². The molecule has 28 heavy (non-hydrogen) atoms. The predicted molar refractivity (Wildman–Crippen MR) is 107 cm³/mol. The van der Waals surface area contributed by atoms with Gasteiger partial charge in [0.05, 0.1) is 11.9 Å². The van der Waals surface area contributed by atoms with Crippen molar-refractivity contribution in [1.82, 2.24) is 29.8 Å². The standard InChI is InChI=1S/C20H29N7O/c1-25-10-4-5-15(19(25)16-11-21-27(3)13-16)12-26(2)20(28)22-18-9-8-17(23-24-18)14-6-7-14/h8-9,11,13-15,19H,4-7,10,12H2,1-3H3,(H,22,24,28)/t15-,19+/m0/s1. The van der Waals surface area contributed by atoms with Gasteiger partial charge in [-0.05, 0) is 57.3 Å². The molecule has 1 aliphatic heterocycles. The van der Waals surface area contributed by atoms with Gasteiger partial charge in [-0.2, -0.15) is 10.2 Å². The van der Waals surface area contributed by atoms with E-state index >= 15 is 0 Å². The normalized spacial score (nSPS) is 22.8. The largest absolute Gasteiger partial charge is 0.327 e. The van der Waals surface area contributed by atoms with Gasteiger partial charge >= 0.3 is 6.03 Å². The maximum absolute atomic E-state index is 12.7. The van der Waals surface area contributed by atoms with Gasteiger partial charge in [0.25, 0.3) is 0 Å². The fraction of sp³-hybridized carbons (Fsp3) is 0.600. The Morgan fingerprint density at radius 2 is 2.07 bits per heavy atom. The fourth-order valence-corrected chi connectivity index (χ4v) is 4.22. The second kappa shape index (κ2) is 7.87. The smallest absolute Gasteiger partial charge is 0.322 e. The van der Waals surface area contributed by atoms with Gasteiger partial charge in [-0.3, -0.25) is 14.9 Å². The Balaban J connectivity index is 1.39. The van der Waals surface area contributed by atoms with E-state index in [2.05, 4.69) is 38.8 Å². The molecule has 0 bridgehead atoms. The van der Waals surface area contributed by atoms with Crippen molar-refractivity contribution in [3.63, 3.8) is 0 Å². The van der Waals surface area contributed by atoms with Crippen molar-refractivity contribution in [2.45, 2.75) is 37.6 Å². The first kappa shape index (κ1) is 18.9. The maximum atomic E-state index is 12.7. The first-order valence-corrected chi connectivity index (χ1v) is 10.1. The summed E-state index contributed by atoms with van der Waals surface area (Å²) < 4.78 is 1.84. The van der Waals surface area contributed by atoms with Crippen LogP contribution in [0.25, 0.3) is 0 Å². The fourth-order valence-electron chi connectivity index (χ4n) is 4.22. The minimum absolute atomic E-state index is 0.147. The zero-order valence-electron chi connectivity index (χ0n) is 16.9. The van der Waals surface area contributed by atoms with Crippen LogP contribution in [0.4, 0.5) is 10.6 Å². The highest BCUT2D eigenvalue weighted by atomic mass is 16.2. The average molecular weight is 384 g/mol. The Morgan fingerprint density at radius 1 is 1.25 bits per heavy atom.